The van der Waals surface area contributed by atoms with E-state index in [-0.39, 0.29) is 34.9 Å². The number of hydrogen-bond donors (Lipinski definition) is 1. The van der Waals surface area contributed by atoms with Crippen LogP contribution in [0.25, 0.3) is 0 Å². The molecule has 4 nitrogen and oxygen atoms in total. The molecule has 1 N–H and O–H groups in total. The van der Waals surface area contributed by atoms with Gasteiger partial charge < -0.3 is 9.84 Å². The van der Waals surface area contributed by atoms with Crippen molar-refractivity contribution >= 4 is 11.6 Å². The van der Waals surface area contributed by atoms with E-state index < -0.39 is 17.1 Å². The molecule has 3 fully saturated rings. The Labute approximate surface area is 141 Å². The second-order valence-corrected chi connectivity index (χ2v) is 9.22. The number of fused-ring (bicyclic) bond motifs is 5. The van der Waals surface area contributed by atoms with Gasteiger partial charge in [-0.15, -0.1) is 0 Å². The second kappa shape index (κ2) is 3.94. The van der Waals surface area contributed by atoms with Crippen LogP contribution in [0.15, 0.2) is 23.3 Å². The Morgan fingerprint density at radius 1 is 1.21 bits per heavy atom. The lowest BCUT2D eigenvalue weighted by atomic mass is 9.59. The van der Waals surface area contributed by atoms with Crippen molar-refractivity contribution in [1.82, 2.24) is 0 Å². The Morgan fingerprint density at radius 3 is 2.62 bits per heavy atom. The summed E-state index contributed by atoms with van der Waals surface area (Å²) in [6, 6.07) is 0. The number of carbonyl (C=O) groups excluding carboxylic acids is 2. The van der Waals surface area contributed by atoms with Gasteiger partial charge >= 0.3 is 0 Å². The molecule has 2 heterocycles. The van der Waals surface area contributed by atoms with Gasteiger partial charge in [-0.05, 0) is 37.2 Å². The number of aliphatic hydroxyl groups is 1. The SMILES string of the molecule is C=C1C(=O)[C@@]23[C@@H](CC[C@@H]1[C@@H]2O)[C@@]1(C)O[C@@H]3CC2=C1C(=O)CC2(C)C. The third-order valence-electron chi connectivity index (χ3n) is 7.82. The fourth-order valence-corrected chi connectivity index (χ4v) is 6.84. The second-order valence-electron chi connectivity index (χ2n) is 9.22. The molecule has 0 aromatic heterocycles. The number of rotatable bonds is 0. The Morgan fingerprint density at radius 2 is 1.92 bits per heavy atom. The molecular formula is C20H24O4. The van der Waals surface area contributed by atoms with E-state index in [9.17, 15) is 14.7 Å². The summed E-state index contributed by atoms with van der Waals surface area (Å²) in [6.45, 7) is 10.2. The van der Waals surface area contributed by atoms with Crippen LogP contribution in [0.3, 0.4) is 0 Å². The molecule has 24 heavy (non-hydrogen) atoms. The summed E-state index contributed by atoms with van der Waals surface area (Å²) in [5, 5.41) is 11.1. The van der Waals surface area contributed by atoms with Gasteiger partial charge in [0.1, 0.15) is 0 Å². The molecule has 4 heteroatoms. The summed E-state index contributed by atoms with van der Waals surface area (Å²) < 4.78 is 6.42. The minimum Gasteiger partial charge on any atom is -0.391 e. The van der Waals surface area contributed by atoms with Crippen LogP contribution in [-0.2, 0) is 14.3 Å². The summed E-state index contributed by atoms with van der Waals surface area (Å²) in [5.41, 5.74) is 0.717. The topological polar surface area (TPSA) is 63.6 Å². The lowest BCUT2D eigenvalue weighted by Crippen LogP contribution is -2.53. The van der Waals surface area contributed by atoms with Crippen LogP contribution in [0.4, 0.5) is 0 Å². The Hall–Kier alpha value is -1.26. The molecule has 5 aliphatic rings. The van der Waals surface area contributed by atoms with Crippen LogP contribution >= 0.6 is 0 Å². The molecule has 6 atom stereocenters. The number of hydrogen-bond acceptors (Lipinski definition) is 4. The molecule has 2 saturated carbocycles. The van der Waals surface area contributed by atoms with E-state index in [4.69, 9.17) is 4.74 Å². The first-order chi connectivity index (χ1) is 11.2. The van der Waals surface area contributed by atoms with Gasteiger partial charge in [-0.2, -0.15) is 0 Å². The van der Waals surface area contributed by atoms with E-state index in [2.05, 4.69) is 20.4 Å². The van der Waals surface area contributed by atoms with Gasteiger partial charge in [-0.25, -0.2) is 0 Å². The molecule has 1 spiro atoms. The molecule has 4 bridgehead atoms. The maximum absolute atomic E-state index is 13.2. The minimum absolute atomic E-state index is 0.0114. The average Bonchev–Trinajstić information content (AvgIpc) is 2.89. The summed E-state index contributed by atoms with van der Waals surface area (Å²) in [7, 11) is 0. The van der Waals surface area contributed by atoms with E-state index in [1.807, 2.05) is 6.92 Å². The van der Waals surface area contributed by atoms with Crippen molar-refractivity contribution in [2.45, 2.75) is 64.3 Å². The molecule has 1 saturated heterocycles. The number of ketones is 2. The molecule has 0 amide bonds. The Bertz CT molecular complexity index is 760. The summed E-state index contributed by atoms with van der Waals surface area (Å²) >= 11 is 0. The first kappa shape index (κ1) is 15.0. The Balaban J connectivity index is 1.75. The van der Waals surface area contributed by atoms with Crippen molar-refractivity contribution in [3.63, 3.8) is 0 Å². The predicted octanol–water partition coefficient (Wildman–Crippen LogP) is 2.36. The molecule has 0 aromatic carbocycles. The van der Waals surface area contributed by atoms with Gasteiger partial charge in [0.2, 0.25) is 0 Å². The van der Waals surface area contributed by atoms with Crippen LogP contribution in [0.1, 0.15) is 46.5 Å². The van der Waals surface area contributed by atoms with Gasteiger partial charge in [-0.1, -0.05) is 26.0 Å². The van der Waals surface area contributed by atoms with Gasteiger partial charge in [0, 0.05) is 23.8 Å². The maximum Gasteiger partial charge on any atom is 0.170 e. The van der Waals surface area contributed by atoms with E-state index in [0.717, 1.165) is 24.0 Å². The highest BCUT2D eigenvalue weighted by Crippen LogP contribution is 2.70. The van der Waals surface area contributed by atoms with E-state index in [0.29, 0.717) is 18.4 Å². The normalized spacial score (nSPS) is 51.2. The van der Waals surface area contributed by atoms with E-state index in [1.165, 1.54) is 0 Å². The average molecular weight is 328 g/mol. The van der Waals surface area contributed by atoms with Gasteiger partial charge in [-0.3, -0.25) is 9.59 Å². The van der Waals surface area contributed by atoms with E-state index in [1.54, 1.807) is 0 Å². The zero-order valence-electron chi connectivity index (χ0n) is 14.5. The standard InChI is InChI=1S/C20H24O4/c1-9-10-5-6-13-19(4)15-11(18(2,3)8-12(15)21)7-14(24-19)20(13,16(9)22)17(10)23/h10,13-14,17,23H,1,5-8H2,2-4H3/t10-,13-,14+,17-,19+,20-/m0/s1. The van der Waals surface area contributed by atoms with Crippen LogP contribution in [-0.4, -0.2) is 34.5 Å². The smallest absolute Gasteiger partial charge is 0.170 e. The van der Waals surface area contributed by atoms with Crippen LogP contribution < -0.4 is 0 Å². The van der Waals surface area contributed by atoms with Crippen LogP contribution in [0, 0.1) is 22.7 Å². The lowest BCUT2D eigenvalue weighted by molar-refractivity contribution is -0.137. The first-order valence-corrected chi connectivity index (χ1v) is 9.02. The van der Waals surface area contributed by atoms with Crippen LogP contribution in [0.5, 0.6) is 0 Å². The van der Waals surface area contributed by atoms with E-state index >= 15 is 0 Å². The Kier molecular flexibility index (Phi) is 2.47. The minimum atomic E-state index is -0.893. The number of carbonyl (C=O) groups is 2. The van der Waals surface area contributed by atoms with Gasteiger partial charge in [0.05, 0.1) is 23.2 Å². The number of Topliss-reactive ketones (excluding diaryl/α,β-unsaturated/α-hetero) is 2. The molecule has 0 radical (unpaired) electrons. The molecule has 0 unspecified atom stereocenters. The van der Waals surface area contributed by atoms with Gasteiger partial charge in [0.15, 0.2) is 11.6 Å². The highest BCUT2D eigenvalue weighted by molar-refractivity contribution is 6.07. The van der Waals surface area contributed by atoms with Crippen molar-refractivity contribution in [1.29, 1.82) is 0 Å². The van der Waals surface area contributed by atoms with Crippen LogP contribution in [0.2, 0.25) is 0 Å². The fraction of sp³-hybridized carbons (Fsp3) is 0.700. The molecule has 3 aliphatic carbocycles. The predicted molar refractivity (Wildman–Crippen MR) is 87.1 cm³/mol. The third kappa shape index (κ3) is 1.27. The number of aliphatic hydroxyl groups excluding tert-OH is 1. The quantitative estimate of drug-likeness (QED) is 0.693. The summed E-state index contributed by atoms with van der Waals surface area (Å²) in [5.74, 6) is -0.117. The first-order valence-electron chi connectivity index (χ1n) is 9.02. The van der Waals surface area contributed by atoms with Crippen molar-refractivity contribution in [3.8, 4) is 0 Å². The molecule has 2 aliphatic heterocycles. The fourth-order valence-electron chi connectivity index (χ4n) is 6.84. The molecule has 128 valence electrons. The zero-order valence-corrected chi connectivity index (χ0v) is 14.5. The molecule has 5 rings (SSSR count). The summed E-state index contributed by atoms with van der Waals surface area (Å²) in [4.78, 5) is 26.0. The molecular weight excluding hydrogens is 304 g/mol. The highest BCUT2D eigenvalue weighted by atomic mass is 16.5. The lowest BCUT2D eigenvalue weighted by Gasteiger charge is -2.42. The largest absolute Gasteiger partial charge is 0.391 e. The summed E-state index contributed by atoms with van der Waals surface area (Å²) in [6.07, 6.45) is 1.62. The highest BCUT2D eigenvalue weighted by Gasteiger charge is 2.77. The van der Waals surface area contributed by atoms with Crippen molar-refractivity contribution in [2.75, 3.05) is 0 Å². The maximum atomic E-state index is 13.2. The zero-order chi connectivity index (χ0) is 17.2. The monoisotopic (exact) mass is 328 g/mol. The van der Waals surface area contributed by atoms with Crippen molar-refractivity contribution < 1.29 is 19.4 Å². The van der Waals surface area contributed by atoms with Gasteiger partial charge in [0.25, 0.3) is 0 Å². The number of ether oxygens (including phenoxy) is 1. The molecule has 0 aromatic rings. The van der Waals surface area contributed by atoms with Crippen molar-refractivity contribution in [3.05, 3.63) is 23.3 Å². The van der Waals surface area contributed by atoms with Crippen molar-refractivity contribution in [2.24, 2.45) is 22.7 Å². The third-order valence-corrected chi connectivity index (χ3v) is 7.82.